The van der Waals surface area contributed by atoms with E-state index in [9.17, 15) is 0 Å². The average Bonchev–Trinajstić information content (AvgIpc) is 2.52. The van der Waals surface area contributed by atoms with Crippen LogP contribution in [0.15, 0.2) is 29.3 Å². The third-order valence-electron chi connectivity index (χ3n) is 1.66. The fourth-order valence-electron chi connectivity index (χ4n) is 1.09. The van der Waals surface area contributed by atoms with Crippen molar-refractivity contribution in [2.24, 2.45) is 4.99 Å². The summed E-state index contributed by atoms with van der Waals surface area (Å²) in [6.45, 7) is 0. The lowest BCUT2D eigenvalue weighted by atomic mass is 10.2. The third kappa shape index (κ3) is 1.61. The Hall–Kier alpha value is -1.59. The standard InChI is InChI=1S/C8H9N3O2/c9-6-3-1-2-5(4-6)7-10-8(12)13-11-7/h1-4,8,12H,9H2,(H,10,11). The van der Waals surface area contributed by atoms with Crippen molar-refractivity contribution in [2.75, 3.05) is 5.73 Å². The molecular weight excluding hydrogens is 170 g/mol. The van der Waals surface area contributed by atoms with E-state index in [0.29, 0.717) is 11.5 Å². The molecule has 1 heterocycles. The number of hydrogen-bond donors (Lipinski definition) is 3. The summed E-state index contributed by atoms with van der Waals surface area (Å²) in [5.41, 5.74) is 9.50. The number of hydrogen-bond acceptors (Lipinski definition) is 5. The van der Waals surface area contributed by atoms with Crippen molar-refractivity contribution in [1.82, 2.24) is 5.48 Å². The number of nitrogens with one attached hydrogen (secondary N) is 1. The number of benzene rings is 1. The highest BCUT2D eigenvalue weighted by molar-refractivity contribution is 5.99. The van der Waals surface area contributed by atoms with Crippen molar-refractivity contribution in [1.29, 1.82) is 0 Å². The second kappa shape index (κ2) is 3.04. The van der Waals surface area contributed by atoms with Crippen LogP contribution in [0.3, 0.4) is 0 Å². The van der Waals surface area contributed by atoms with E-state index in [4.69, 9.17) is 10.8 Å². The van der Waals surface area contributed by atoms with Gasteiger partial charge in [0, 0.05) is 11.3 Å². The van der Waals surface area contributed by atoms with Crippen molar-refractivity contribution in [3.63, 3.8) is 0 Å². The van der Waals surface area contributed by atoms with Gasteiger partial charge in [0.15, 0.2) is 5.84 Å². The number of aliphatic hydroxyl groups excluding tert-OH is 1. The zero-order valence-electron chi connectivity index (χ0n) is 6.77. The van der Waals surface area contributed by atoms with Gasteiger partial charge < -0.3 is 10.8 Å². The Morgan fingerprint density at radius 2 is 2.38 bits per heavy atom. The molecule has 5 nitrogen and oxygen atoms in total. The van der Waals surface area contributed by atoms with E-state index in [2.05, 4.69) is 15.3 Å². The third-order valence-corrected chi connectivity index (χ3v) is 1.66. The molecule has 0 aromatic heterocycles. The Morgan fingerprint density at radius 1 is 1.54 bits per heavy atom. The quantitative estimate of drug-likeness (QED) is 0.523. The van der Waals surface area contributed by atoms with Crippen molar-refractivity contribution in [3.05, 3.63) is 29.8 Å². The van der Waals surface area contributed by atoms with Gasteiger partial charge in [0.25, 0.3) is 6.41 Å². The maximum Gasteiger partial charge on any atom is 0.280 e. The van der Waals surface area contributed by atoms with E-state index >= 15 is 0 Å². The Labute approximate surface area is 74.8 Å². The molecule has 0 saturated heterocycles. The number of nitrogens with zero attached hydrogens (tertiary/aromatic N) is 1. The van der Waals surface area contributed by atoms with Crippen LogP contribution in [0, 0.1) is 0 Å². The molecule has 0 amide bonds. The Bertz CT molecular complexity index is 351. The second-order valence-corrected chi connectivity index (χ2v) is 2.65. The fourth-order valence-corrected chi connectivity index (χ4v) is 1.09. The zero-order valence-corrected chi connectivity index (χ0v) is 6.77. The van der Waals surface area contributed by atoms with E-state index in [1.54, 1.807) is 18.2 Å². The molecule has 2 rings (SSSR count). The maximum absolute atomic E-state index is 8.93. The molecule has 1 aliphatic heterocycles. The van der Waals surface area contributed by atoms with Crippen LogP contribution in [0.25, 0.3) is 0 Å². The molecule has 4 N–H and O–H groups in total. The molecule has 0 aliphatic carbocycles. The molecule has 1 aromatic rings. The smallest absolute Gasteiger partial charge is 0.280 e. The maximum atomic E-state index is 8.93. The normalized spacial score (nSPS) is 21.0. The van der Waals surface area contributed by atoms with Crippen molar-refractivity contribution >= 4 is 11.5 Å². The number of aliphatic hydroxyl groups is 1. The number of rotatable bonds is 1. The summed E-state index contributed by atoms with van der Waals surface area (Å²) in [6, 6.07) is 7.15. The summed E-state index contributed by atoms with van der Waals surface area (Å²) in [5.74, 6) is 0.486. The van der Waals surface area contributed by atoms with Crippen LogP contribution in [0.2, 0.25) is 0 Å². The molecule has 0 fully saturated rings. The Balaban J connectivity index is 2.31. The van der Waals surface area contributed by atoms with Gasteiger partial charge in [-0.1, -0.05) is 12.1 Å². The minimum Gasteiger partial charge on any atom is -0.399 e. The number of aliphatic imine (C=N–C) groups is 1. The minimum atomic E-state index is -1.13. The molecule has 0 radical (unpaired) electrons. The fraction of sp³-hybridized carbons (Fsp3) is 0.125. The van der Waals surface area contributed by atoms with E-state index in [1.165, 1.54) is 0 Å². The van der Waals surface area contributed by atoms with Crippen LogP contribution in [0.4, 0.5) is 5.69 Å². The lowest BCUT2D eigenvalue weighted by Crippen LogP contribution is -2.19. The predicted molar refractivity (Wildman–Crippen MR) is 47.6 cm³/mol. The van der Waals surface area contributed by atoms with E-state index in [1.807, 2.05) is 6.07 Å². The molecule has 13 heavy (non-hydrogen) atoms. The summed E-state index contributed by atoms with van der Waals surface area (Å²) in [4.78, 5) is 8.40. The monoisotopic (exact) mass is 179 g/mol. The summed E-state index contributed by atoms with van der Waals surface area (Å²) in [5, 5.41) is 8.93. The van der Waals surface area contributed by atoms with Crippen LogP contribution in [0.5, 0.6) is 0 Å². The van der Waals surface area contributed by atoms with Gasteiger partial charge in [0.2, 0.25) is 0 Å². The zero-order chi connectivity index (χ0) is 9.26. The molecule has 5 heteroatoms. The summed E-state index contributed by atoms with van der Waals surface area (Å²) in [6.07, 6.45) is -1.13. The van der Waals surface area contributed by atoms with Gasteiger partial charge in [-0.15, -0.1) is 0 Å². The molecular formula is C8H9N3O2. The van der Waals surface area contributed by atoms with Crippen LogP contribution in [-0.4, -0.2) is 17.4 Å². The molecule has 1 unspecified atom stereocenters. The predicted octanol–water partition coefficient (Wildman–Crippen LogP) is -0.174. The summed E-state index contributed by atoms with van der Waals surface area (Å²) in [7, 11) is 0. The highest BCUT2D eigenvalue weighted by Gasteiger charge is 2.15. The van der Waals surface area contributed by atoms with Gasteiger partial charge in [-0.25, -0.2) is 15.3 Å². The van der Waals surface area contributed by atoms with Crippen molar-refractivity contribution < 1.29 is 9.94 Å². The van der Waals surface area contributed by atoms with Gasteiger partial charge in [0.05, 0.1) is 0 Å². The van der Waals surface area contributed by atoms with Crippen LogP contribution in [0.1, 0.15) is 5.56 Å². The molecule has 68 valence electrons. The minimum absolute atomic E-state index is 0.486. The van der Waals surface area contributed by atoms with E-state index < -0.39 is 6.41 Å². The molecule has 1 aromatic carbocycles. The largest absolute Gasteiger partial charge is 0.399 e. The van der Waals surface area contributed by atoms with E-state index in [0.717, 1.165) is 5.56 Å². The number of hydroxylamine groups is 1. The lowest BCUT2D eigenvalue weighted by Gasteiger charge is -2.00. The van der Waals surface area contributed by atoms with Gasteiger partial charge in [-0.2, -0.15) is 0 Å². The topological polar surface area (TPSA) is 79.9 Å². The van der Waals surface area contributed by atoms with Crippen molar-refractivity contribution in [2.45, 2.75) is 6.41 Å². The SMILES string of the molecule is Nc1cccc(C2=NC(O)ON2)c1. The molecule has 1 atom stereocenters. The lowest BCUT2D eigenvalue weighted by molar-refractivity contribution is -0.102. The van der Waals surface area contributed by atoms with Crippen LogP contribution in [-0.2, 0) is 4.84 Å². The number of nitrogen functional groups attached to an aromatic ring is 1. The number of anilines is 1. The first-order valence-corrected chi connectivity index (χ1v) is 3.79. The first-order chi connectivity index (χ1) is 6.25. The van der Waals surface area contributed by atoms with Gasteiger partial charge in [-0.05, 0) is 12.1 Å². The highest BCUT2D eigenvalue weighted by atomic mass is 16.7. The molecule has 0 bridgehead atoms. The van der Waals surface area contributed by atoms with Crippen LogP contribution < -0.4 is 11.2 Å². The van der Waals surface area contributed by atoms with E-state index in [-0.39, 0.29) is 0 Å². The summed E-state index contributed by atoms with van der Waals surface area (Å²) >= 11 is 0. The van der Waals surface area contributed by atoms with Gasteiger partial charge in [-0.3, -0.25) is 0 Å². The van der Waals surface area contributed by atoms with Gasteiger partial charge in [0.1, 0.15) is 0 Å². The Morgan fingerprint density at radius 3 is 3.00 bits per heavy atom. The number of nitrogens with two attached hydrogens (primary N) is 1. The van der Waals surface area contributed by atoms with Crippen molar-refractivity contribution in [3.8, 4) is 0 Å². The first-order valence-electron chi connectivity index (χ1n) is 3.79. The number of amidine groups is 1. The first kappa shape index (κ1) is 8.03. The van der Waals surface area contributed by atoms with Crippen LogP contribution >= 0.6 is 0 Å². The Kier molecular flexibility index (Phi) is 1.88. The second-order valence-electron chi connectivity index (χ2n) is 2.65. The summed E-state index contributed by atoms with van der Waals surface area (Å²) < 4.78 is 0. The average molecular weight is 179 g/mol. The molecule has 0 saturated carbocycles. The highest BCUT2D eigenvalue weighted by Crippen LogP contribution is 2.10. The molecule has 1 aliphatic rings. The van der Waals surface area contributed by atoms with Gasteiger partial charge >= 0.3 is 0 Å². The molecule has 0 spiro atoms.